The lowest BCUT2D eigenvalue weighted by Crippen LogP contribution is -2.36. The zero-order valence-electron chi connectivity index (χ0n) is 11.7. The summed E-state index contributed by atoms with van der Waals surface area (Å²) in [5.41, 5.74) is 2.91. The van der Waals surface area contributed by atoms with Gasteiger partial charge < -0.3 is 5.32 Å². The van der Waals surface area contributed by atoms with Crippen molar-refractivity contribution >= 4 is 11.3 Å². The van der Waals surface area contributed by atoms with Crippen LogP contribution in [0.15, 0.2) is 23.6 Å². The Morgan fingerprint density at radius 1 is 1.61 bits per heavy atom. The van der Waals surface area contributed by atoms with E-state index in [4.69, 9.17) is 0 Å². The summed E-state index contributed by atoms with van der Waals surface area (Å²) in [6, 6.07) is 2.93. The molecule has 0 radical (unpaired) electrons. The summed E-state index contributed by atoms with van der Waals surface area (Å²) in [5, 5.41) is 6.01. The Morgan fingerprint density at radius 3 is 3.17 bits per heavy atom. The first-order chi connectivity index (χ1) is 8.72. The maximum Gasteiger partial charge on any atom is 0.0173 e. The highest BCUT2D eigenvalue weighted by Gasteiger charge is 2.28. The molecule has 2 rings (SSSR count). The fourth-order valence-corrected chi connectivity index (χ4v) is 4.00. The Balaban J connectivity index is 2.13. The van der Waals surface area contributed by atoms with Gasteiger partial charge in [0, 0.05) is 16.8 Å². The van der Waals surface area contributed by atoms with E-state index in [-0.39, 0.29) is 0 Å². The van der Waals surface area contributed by atoms with Crippen LogP contribution in [0.4, 0.5) is 0 Å². The summed E-state index contributed by atoms with van der Waals surface area (Å²) in [7, 11) is 0. The van der Waals surface area contributed by atoms with E-state index in [2.05, 4.69) is 37.2 Å². The summed E-state index contributed by atoms with van der Waals surface area (Å²) in [5.74, 6) is 0.697. The molecular weight excluding hydrogens is 238 g/mol. The Kier molecular flexibility index (Phi) is 5.02. The minimum atomic E-state index is 0.580. The lowest BCUT2D eigenvalue weighted by molar-refractivity contribution is 0.391. The van der Waals surface area contributed by atoms with Crippen LogP contribution in [-0.2, 0) is 6.42 Å². The van der Waals surface area contributed by atoms with Crippen LogP contribution in [0.25, 0.3) is 0 Å². The average Bonchev–Trinajstić information content (AvgIpc) is 2.82. The van der Waals surface area contributed by atoms with E-state index in [1.54, 1.807) is 10.4 Å². The summed E-state index contributed by atoms with van der Waals surface area (Å²) < 4.78 is 0. The number of hydrogen-bond acceptors (Lipinski definition) is 2. The van der Waals surface area contributed by atoms with Gasteiger partial charge in [0.1, 0.15) is 0 Å². The van der Waals surface area contributed by atoms with Crippen LogP contribution in [0.2, 0.25) is 0 Å². The minimum Gasteiger partial charge on any atom is -0.313 e. The minimum absolute atomic E-state index is 0.580. The number of fused-ring (bicyclic) bond motifs is 1. The van der Waals surface area contributed by atoms with E-state index in [9.17, 15) is 0 Å². The normalized spacial score (nSPS) is 20.4. The van der Waals surface area contributed by atoms with Gasteiger partial charge >= 0.3 is 0 Å². The number of nitrogens with one attached hydrogen (secondary N) is 1. The van der Waals surface area contributed by atoms with Gasteiger partial charge in [-0.15, -0.1) is 17.9 Å². The molecule has 1 aromatic heterocycles. The summed E-state index contributed by atoms with van der Waals surface area (Å²) in [6.07, 6.45) is 6.28. The Hall–Kier alpha value is -0.600. The molecule has 18 heavy (non-hydrogen) atoms. The maximum atomic E-state index is 4.10. The molecule has 0 amide bonds. The third-order valence-electron chi connectivity index (χ3n) is 3.81. The molecule has 0 bridgehead atoms. The van der Waals surface area contributed by atoms with Crippen molar-refractivity contribution in [2.24, 2.45) is 0 Å². The third kappa shape index (κ3) is 3.24. The van der Waals surface area contributed by atoms with E-state index in [0.29, 0.717) is 12.0 Å². The Labute approximate surface area is 115 Å². The molecule has 2 heteroatoms. The summed E-state index contributed by atoms with van der Waals surface area (Å²) in [4.78, 5) is 1.62. The van der Waals surface area contributed by atoms with Gasteiger partial charge in [-0.05, 0) is 62.6 Å². The molecule has 0 aliphatic heterocycles. The molecule has 0 aromatic carbocycles. The van der Waals surface area contributed by atoms with Crippen molar-refractivity contribution < 1.29 is 0 Å². The molecule has 2 unspecified atom stereocenters. The SMILES string of the molecule is C=C(C)CC(NCCC)C1CCCc2sccc21. The molecular formula is C16H25NS. The largest absolute Gasteiger partial charge is 0.313 e. The Bertz CT molecular complexity index is 394. The molecule has 0 saturated heterocycles. The van der Waals surface area contributed by atoms with Gasteiger partial charge in [0.25, 0.3) is 0 Å². The van der Waals surface area contributed by atoms with Crippen LogP contribution in [0, 0.1) is 0 Å². The van der Waals surface area contributed by atoms with E-state index in [1.807, 2.05) is 11.3 Å². The summed E-state index contributed by atoms with van der Waals surface area (Å²) in [6.45, 7) is 9.61. The fourth-order valence-electron chi connectivity index (χ4n) is 3.00. The number of aryl methyl sites for hydroxylation is 1. The first kappa shape index (κ1) is 13.8. The van der Waals surface area contributed by atoms with Crippen LogP contribution in [0.1, 0.15) is 55.9 Å². The predicted molar refractivity (Wildman–Crippen MR) is 81.5 cm³/mol. The standard InChI is InChI=1S/C16H25NS/c1-4-9-17-15(11-12(2)3)13-6-5-7-16-14(13)8-10-18-16/h8,10,13,15,17H,2,4-7,9,11H2,1,3H3. The fraction of sp³-hybridized carbons (Fsp3) is 0.625. The van der Waals surface area contributed by atoms with Crippen molar-refractivity contribution in [3.8, 4) is 0 Å². The van der Waals surface area contributed by atoms with Crippen molar-refractivity contribution in [3.63, 3.8) is 0 Å². The van der Waals surface area contributed by atoms with Crippen LogP contribution in [0.5, 0.6) is 0 Å². The van der Waals surface area contributed by atoms with Crippen LogP contribution >= 0.6 is 11.3 Å². The predicted octanol–water partition coefficient (Wildman–Crippen LogP) is 4.50. The third-order valence-corrected chi connectivity index (χ3v) is 4.81. The molecule has 1 N–H and O–H groups in total. The second-order valence-corrected chi connectivity index (χ2v) is 6.52. The highest BCUT2D eigenvalue weighted by Crippen LogP contribution is 2.38. The molecule has 0 spiro atoms. The van der Waals surface area contributed by atoms with Crippen LogP contribution < -0.4 is 5.32 Å². The van der Waals surface area contributed by atoms with Gasteiger partial charge in [0.15, 0.2) is 0 Å². The van der Waals surface area contributed by atoms with Crippen molar-refractivity contribution in [3.05, 3.63) is 34.0 Å². The van der Waals surface area contributed by atoms with Gasteiger partial charge in [-0.3, -0.25) is 0 Å². The quantitative estimate of drug-likeness (QED) is 0.745. The summed E-state index contributed by atoms with van der Waals surface area (Å²) >= 11 is 1.94. The molecule has 1 aromatic rings. The van der Waals surface area contributed by atoms with E-state index >= 15 is 0 Å². The first-order valence-electron chi connectivity index (χ1n) is 7.16. The second kappa shape index (κ2) is 6.53. The highest BCUT2D eigenvalue weighted by atomic mass is 32.1. The van der Waals surface area contributed by atoms with E-state index in [1.165, 1.54) is 31.3 Å². The lowest BCUT2D eigenvalue weighted by atomic mass is 9.80. The van der Waals surface area contributed by atoms with Gasteiger partial charge in [0.2, 0.25) is 0 Å². The van der Waals surface area contributed by atoms with E-state index < -0.39 is 0 Å². The highest BCUT2D eigenvalue weighted by molar-refractivity contribution is 7.10. The number of hydrogen-bond donors (Lipinski definition) is 1. The van der Waals surface area contributed by atoms with Crippen molar-refractivity contribution in [2.75, 3.05) is 6.54 Å². The van der Waals surface area contributed by atoms with Gasteiger partial charge in [-0.2, -0.15) is 0 Å². The van der Waals surface area contributed by atoms with Gasteiger partial charge in [-0.25, -0.2) is 0 Å². The van der Waals surface area contributed by atoms with Crippen molar-refractivity contribution in [1.82, 2.24) is 5.32 Å². The zero-order chi connectivity index (χ0) is 13.0. The van der Waals surface area contributed by atoms with Crippen LogP contribution in [-0.4, -0.2) is 12.6 Å². The second-order valence-electron chi connectivity index (χ2n) is 5.52. The molecule has 0 fully saturated rings. The molecule has 0 saturated carbocycles. The van der Waals surface area contributed by atoms with Crippen LogP contribution in [0.3, 0.4) is 0 Å². The molecule has 100 valence electrons. The van der Waals surface area contributed by atoms with Crippen molar-refractivity contribution in [2.45, 2.75) is 57.9 Å². The van der Waals surface area contributed by atoms with Gasteiger partial charge in [-0.1, -0.05) is 12.5 Å². The maximum absolute atomic E-state index is 4.10. The lowest BCUT2D eigenvalue weighted by Gasteiger charge is -2.32. The molecule has 2 atom stereocenters. The number of thiophene rings is 1. The zero-order valence-corrected chi connectivity index (χ0v) is 12.5. The molecule has 1 nitrogen and oxygen atoms in total. The smallest absolute Gasteiger partial charge is 0.0173 e. The first-order valence-corrected chi connectivity index (χ1v) is 8.04. The Morgan fingerprint density at radius 2 is 2.44 bits per heavy atom. The molecule has 1 aliphatic carbocycles. The molecule has 1 aliphatic rings. The number of rotatable bonds is 6. The molecule has 1 heterocycles. The monoisotopic (exact) mass is 263 g/mol. The average molecular weight is 263 g/mol. The van der Waals surface area contributed by atoms with E-state index in [0.717, 1.165) is 13.0 Å². The topological polar surface area (TPSA) is 12.0 Å². The van der Waals surface area contributed by atoms with Crippen molar-refractivity contribution in [1.29, 1.82) is 0 Å². The van der Waals surface area contributed by atoms with Gasteiger partial charge in [0.05, 0.1) is 0 Å².